The zero-order valence-electron chi connectivity index (χ0n) is 13.9. The molecule has 0 atom stereocenters. The van der Waals surface area contributed by atoms with E-state index in [0.717, 1.165) is 43.6 Å². The number of oxazole rings is 1. The van der Waals surface area contributed by atoms with Crippen LogP contribution >= 0.6 is 0 Å². The van der Waals surface area contributed by atoms with Crippen molar-refractivity contribution in [2.75, 3.05) is 24.5 Å². The lowest BCUT2D eigenvalue weighted by atomic mass is 10.1. The van der Waals surface area contributed by atoms with Crippen molar-refractivity contribution < 1.29 is 14.0 Å². The molecule has 1 saturated heterocycles. The number of hydrogen-bond acceptors (Lipinski definition) is 8. The molecule has 4 rings (SSSR count). The van der Waals surface area contributed by atoms with E-state index >= 15 is 0 Å². The summed E-state index contributed by atoms with van der Waals surface area (Å²) in [6, 6.07) is 9.02. The maximum Gasteiger partial charge on any atom is 0.298 e. The lowest BCUT2D eigenvalue weighted by molar-refractivity contribution is 0.222. The van der Waals surface area contributed by atoms with Gasteiger partial charge in [0.2, 0.25) is 0 Å². The van der Waals surface area contributed by atoms with Crippen LogP contribution in [-0.4, -0.2) is 45.9 Å². The number of para-hydroxylation sites is 2. The molecule has 1 aliphatic rings. The molecule has 2 aromatic heterocycles. The van der Waals surface area contributed by atoms with Gasteiger partial charge in [-0.2, -0.15) is 9.97 Å². The van der Waals surface area contributed by atoms with Gasteiger partial charge in [-0.15, -0.1) is 0 Å². The van der Waals surface area contributed by atoms with E-state index in [4.69, 9.17) is 14.0 Å². The molecule has 0 spiro atoms. The van der Waals surface area contributed by atoms with Gasteiger partial charge in [-0.25, -0.2) is 0 Å². The van der Waals surface area contributed by atoms with Gasteiger partial charge in [-0.3, -0.25) is 0 Å². The molecule has 0 bridgehead atoms. The van der Waals surface area contributed by atoms with Crippen LogP contribution in [0.3, 0.4) is 0 Å². The molecule has 0 amide bonds. The topological polar surface area (TPSA) is 100 Å². The number of hydrogen-bond donors (Lipinski definition) is 2. The van der Waals surface area contributed by atoms with Gasteiger partial charge in [-0.05, 0) is 25.0 Å². The molecule has 0 saturated carbocycles. The first-order valence-electron chi connectivity index (χ1n) is 8.58. The average molecular weight is 343 g/mol. The Morgan fingerprint density at radius 1 is 1.20 bits per heavy atom. The maximum atomic E-state index is 8.92. The van der Waals surface area contributed by atoms with Gasteiger partial charge >= 0.3 is 0 Å². The van der Waals surface area contributed by atoms with E-state index < -0.39 is 0 Å². The van der Waals surface area contributed by atoms with Gasteiger partial charge < -0.3 is 24.3 Å². The molecule has 1 aromatic carbocycles. The zero-order chi connectivity index (χ0) is 17.1. The molecule has 8 nitrogen and oxygen atoms in total. The second-order valence-electron chi connectivity index (χ2n) is 6.19. The summed E-state index contributed by atoms with van der Waals surface area (Å²) in [5.41, 5.74) is 1.74. The molecule has 3 aromatic rings. The standard InChI is InChI=1S/C17H21N5O3/c23-11-16-20-15(21-25-16)5-8-18-12-6-9-22(10-7-12)17-19-13-3-1-2-4-14(13)24-17/h1-4,12,18,23H,5-11H2. The molecule has 3 heterocycles. The number of aromatic nitrogens is 3. The zero-order valence-corrected chi connectivity index (χ0v) is 13.9. The minimum absolute atomic E-state index is 0.214. The molecule has 0 radical (unpaired) electrons. The Bertz CT molecular complexity index is 789. The molecule has 2 N–H and O–H groups in total. The van der Waals surface area contributed by atoms with Crippen molar-refractivity contribution in [1.82, 2.24) is 20.4 Å². The third-order valence-electron chi connectivity index (χ3n) is 4.48. The minimum Gasteiger partial charge on any atom is -0.423 e. The summed E-state index contributed by atoms with van der Waals surface area (Å²) in [6.07, 6.45) is 2.76. The summed E-state index contributed by atoms with van der Waals surface area (Å²) in [6.45, 7) is 2.41. The molecule has 0 unspecified atom stereocenters. The predicted molar refractivity (Wildman–Crippen MR) is 91.2 cm³/mol. The largest absolute Gasteiger partial charge is 0.423 e. The first-order valence-corrected chi connectivity index (χ1v) is 8.58. The van der Waals surface area contributed by atoms with E-state index in [2.05, 4.69) is 25.3 Å². The quantitative estimate of drug-likeness (QED) is 0.694. The van der Waals surface area contributed by atoms with Crippen LogP contribution in [0.25, 0.3) is 11.1 Å². The van der Waals surface area contributed by atoms with Crippen molar-refractivity contribution in [2.24, 2.45) is 0 Å². The number of nitrogens with one attached hydrogen (secondary N) is 1. The first-order chi connectivity index (χ1) is 12.3. The number of aliphatic hydroxyl groups excluding tert-OH is 1. The highest BCUT2D eigenvalue weighted by atomic mass is 16.5. The average Bonchev–Trinajstić information content (AvgIpc) is 3.29. The van der Waals surface area contributed by atoms with E-state index in [9.17, 15) is 0 Å². The number of aliphatic hydroxyl groups is 1. The monoisotopic (exact) mass is 343 g/mol. The number of fused-ring (bicyclic) bond motifs is 1. The van der Waals surface area contributed by atoms with Crippen LogP contribution < -0.4 is 10.2 Å². The summed E-state index contributed by atoms with van der Waals surface area (Å²) < 4.78 is 10.7. The second kappa shape index (κ2) is 7.20. The van der Waals surface area contributed by atoms with Crippen molar-refractivity contribution in [3.8, 4) is 0 Å². The lowest BCUT2D eigenvalue weighted by Crippen LogP contribution is -2.43. The molecule has 8 heteroatoms. The van der Waals surface area contributed by atoms with Crippen LogP contribution in [0.2, 0.25) is 0 Å². The molecular formula is C17H21N5O3. The Labute approximate surface area is 144 Å². The van der Waals surface area contributed by atoms with Gasteiger partial charge in [0.1, 0.15) is 12.1 Å². The number of piperidine rings is 1. The third-order valence-corrected chi connectivity index (χ3v) is 4.48. The predicted octanol–water partition coefficient (Wildman–Crippen LogP) is 1.50. The molecule has 132 valence electrons. The van der Waals surface area contributed by atoms with Crippen LogP contribution in [-0.2, 0) is 13.0 Å². The Balaban J connectivity index is 1.25. The smallest absolute Gasteiger partial charge is 0.298 e. The fraction of sp³-hybridized carbons (Fsp3) is 0.471. The first kappa shape index (κ1) is 16.0. The number of anilines is 1. The van der Waals surface area contributed by atoms with Crippen LogP contribution in [0.1, 0.15) is 24.6 Å². The van der Waals surface area contributed by atoms with Crippen molar-refractivity contribution in [2.45, 2.75) is 31.9 Å². The highest BCUT2D eigenvalue weighted by molar-refractivity contribution is 5.74. The molecule has 0 aliphatic carbocycles. The normalized spacial score (nSPS) is 16.0. The van der Waals surface area contributed by atoms with Crippen LogP contribution in [0.4, 0.5) is 6.01 Å². The maximum absolute atomic E-state index is 8.92. The van der Waals surface area contributed by atoms with E-state index in [1.165, 1.54) is 0 Å². The highest BCUT2D eigenvalue weighted by Gasteiger charge is 2.22. The van der Waals surface area contributed by atoms with Crippen molar-refractivity contribution in [1.29, 1.82) is 0 Å². The van der Waals surface area contributed by atoms with E-state index in [0.29, 0.717) is 24.3 Å². The van der Waals surface area contributed by atoms with Crippen molar-refractivity contribution in [3.63, 3.8) is 0 Å². The van der Waals surface area contributed by atoms with Gasteiger partial charge in [0.25, 0.3) is 11.9 Å². The Morgan fingerprint density at radius 3 is 2.80 bits per heavy atom. The summed E-state index contributed by atoms with van der Waals surface area (Å²) in [4.78, 5) is 10.9. The van der Waals surface area contributed by atoms with E-state index in [-0.39, 0.29) is 12.5 Å². The Kier molecular flexibility index (Phi) is 4.62. The van der Waals surface area contributed by atoms with Gasteiger partial charge in [0, 0.05) is 32.1 Å². The van der Waals surface area contributed by atoms with Gasteiger partial charge in [0.15, 0.2) is 11.4 Å². The van der Waals surface area contributed by atoms with E-state index in [1.807, 2.05) is 24.3 Å². The fourth-order valence-corrected chi connectivity index (χ4v) is 3.11. The summed E-state index contributed by atoms with van der Waals surface area (Å²) in [5.74, 6) is 0.891. The summed E-state index contributed by atoms with van der Waals surface area (Å²) in [5, 5.41) is 16.3. The van der Waals surface area contributed by atoms with Gasteiger partial charge in [-0.1, -0.05) is 17.3 Å². The van der Waals surface area contributed by atoms with Crippen LogP contribution in [0.15, 0.2) is 33.2 Å². The summed E-state index contributed by atoms with van der Waals surface area (Å²) >= 11 is 0. The molecule has 1 aliphatic heterocycles. The van der Waals surface area contributed by atoms with Crippen molar-refractivity contribution in [3.05, 3.63) is 36.0 Å². The fourth-order valence-electron chi connectivity index (χ4n) is 3.11. The lowest BCUT2D eigenvalue weighted by Gasteiger charge is -2.31. The third kappa shape index (κ3) is 3.64. The van der Waals surface area contributed by atoms with E-state index in [1.54, 1.807) is 0 Å². The Morgan fingerprint density at radius 2 is 2.04 bits per heavy atom. The molecule has 1 fully saturated rings. The summed E-state index contributed by atoms with van der Waals surface area (Å²) in [7, 11) is 0. The SMILES string of the molecule is OCc1nc(CCNC2CCN(c3nc4ccccc4o3)CC2)no1. The van der Waals surface area contributed by atoms with Crippen LogP contribution in [0.5, 0.6) is 0 Å². The number of benzene rings is 1. The molecular weight excluding hydrogens is 322 g/mol. The molecule has 25 heavy (non-hydrogen) atoms. The van der Waals surface area contributed by atoms with Crippen molar-refractivity contribution >= 4 is 17.1 Å². The minimum atomic E-state index is -0.214. The number of nitrogens with zero attached hydrogens (tertiary/aromatic N) is 4. The number of rotatable bonds is 6. The Hall–Kier alpha value is -2.45. The highest BCUT2D eigenvalue weighted by Crippen LogP contribution is 2.24. The van der Waals surface area contributed by atoms with Gasteiger partial charge in [0.05, 0.1) is 0 Å². The second-order valence-corrected chi connectivity index (χ2v) is 6.19. The van der Waals surface area contributed by atoms with Crippen LogP contribution in [0, 0.1) is 0 Å².